The molecule has 0 atom stereocenters. The van der Waals surface area contributed by atoms with Crippen LogP contribution in [-0.2, 0) is 14.8 Å². The molecule has 3 aromatic rings. The van der Waals surface area contributed by atoms with E-state index < -0.39 is 10.0 Å². The van der Waals surface area contributed by atoms with Crippen LogP contribution in [0.1, 0.15) is 0 Å². The smallest absolute Gasteiger partial charge is 0.246 e. The van der Waals surface area contributed by atoms with E-state index in [4.69, 9.17) is 18.9 Å². The minimum Gasteiger partial charge on any atom is -0.495 e. The molecule has 5 rings (SSSR count). The van der Waals surface area contributed by atoms with E-state index in [1.165, 1.54) is 11.4 Å². The van der Waals surface area contributed by atoms with Crippen LogP contribution in [0.3, 0.4) is 0 Å². The topological polar surface area (TPSA) is 112 Å². The molecule has 0 unspecified atom stereocenters. The number of hydrogen-bond acceptors (Lipinski definition) is 9. The summed E-state index contributed by atoms with van der Waals surface area (Å²) in [6.45, 7) is 2.38. The van der Waals surface area contributed by atoms with Crippen molar-refractivity contribution in [1.82, 2.24) is 14.5 Å². The average Bonchev–Trinajstić information content (AvgIpc) is 2.89. The Labute approximate surface area is 197 Å². The Morgan fingerprint density at radius 2 is 1.71 bits per heavy atom. The van der Waals surface area contributed by atoms with E-state index in [0.717, 1.165) is 5.69 Å². The van der Waals surface area contributed by atoms with E-state index in [1.54, 1.807) is 30.3 Å². The summed E-state index contributed by atoms with van der Waals surface area (Å²) in [6.07, 6.45) is 0. The summed E-state index contributed by atoms with van der Waals surface area (Å²) in [5.41, 5.74) is 1.94. The molecular weight excluding hydrogens is 460 g/mol. The second-order valence-electron chi connectivity index (χ2n) is 7.67. The van der Waals surface area contributed by atoms with Gasteiger partial charge in [-0.05, 0) is 42.5 Å². The molecule has 0 bridgehead atoms. The van der Waals surface area contributed by atoms with Crippen molar-refractivity contribution in [3.8, 4) is 28.5 Å². The zero-order valence-corrected chi connectivity index (χ0v) is 19.4. The quantitative estimate of drug-likeness (QED) is 0.564. The van der Waals surface area contributed by atoms with E-state index in [0.29, 0.717) is 68.1 Å². The third kappa shape index (κ3) is 4.49. The Morgan fingerprint density at radius 3 is 2.44 bits per heavy atom. The minimum absolute atomic E-state index is 0.0923. The number of morpholine rings is 1. The molecule has 0 aliphatic carbocycles. The van der Waals surface area contributed by atoms with Crippen LogP contribution in [0.25, 0.3) is 11.3 Å². The summed E-state index contributed by atoms with van der Waals surface area (Å²) in [4.78, 5) is 0.0923. The Hall–Kier alpha value is -3.41. The molecule has 34 heavy (non-hydrogen) atoms. The van der Waals surface area contributed by atoms with Crippen molar-refractivity contribution in [3.63, 3.8) is 0 Å². The molecule has 0 saturated carbocycles. The summed E-state index contributed by atoms with van der Waals surface area (Å²) < 4.78 is 49.6. The SMILES string of the molecule is COc1ccc(-c2ccc(Nc3ccc4c(c3)OCCO4)nn2)cc1S(=O)(=O)N1CCOCC1. The van der Waals surface area contributed by atoms with Gasteiger partial charge in [-0.3, -0.25) is 0 Å². The van der Waals surface area contributed by atoms with Gasteiger partial charge < -0.3 is 24.3 Å². The molecule has 2 aliphatic rings. The van der Waals surface area contributed by atoms with Crippen LogP contribution in [0.4, 0.5) is 11.5 Å². The molecule has 1 fully saturated rings. The van der Waals surface area contributed by atoms with Crippen LogP contribution in [0, 0.1) is 0 Å². The standard InChI is InChI=1S/C23H24N4O6S/c1-30-20-5-2-16(14-22(20)34(28,29)27-8-10-31-11-9-27)18-4-7-23(26-25-18)24-17-3-6-19-21(15-17)33-13-12-32-19/h2-7,14-15H,8-13H2,1H3,(H,24,26). The van der Waals surface area contributed by atoms with Crippen LogP contribution >= 0.6 is 0 Å². The number of rotatable bonds is 6. The highest BCUT2D eigenvalue weighted by atomic mass is 32.2. The first kappa shape index (κ1) is 22.4. The summed E-state index contributed by atoms with van der Waals surface area (Å²) in [5, 5.41) is 11.7. The number of benzene rings is 2. The molecular formula is C23H24N4O6S. The molecule has 2 aromatic carbocycles. The molecule has 0 radical (unpaired) electrons. The molecule has 1 N–H and O–H groups in total. The lowest BCUT2D eigenvalue weighted by molar-refractivity contribution is 0.0729. The first-order chi connectivity index (χ1) is 16.5. The lowest BCUT2D eigenvalue weighted by Crippen LogP contribution is -2.40. The number of fused-ring (bicyclic) bond motifs is 1. The summed E-state index contributed by atoms with van der Waals surface area (Å²) >= 11 is 0. The van der Waals surface area contributed by atoms with Crippen LogP contribution in [-0.4, -0.2) is 69.5 Å². The van der Waals surface area contributed by atoms with Gasteiger partial charge in [0, 0.05) is 30.4 Å². The number of nitrogens with one attached hydrogen (secondary N) is 1. The van der Waals surface area contributed by atoms with Gasteiger partial charge in [0.2, 0.25) is 10.0 Å². The van der Waals surface area contributed by atoms with Gasteiger partial charge >= 0.3 is 0 Å². The van der Waals surface area contributed by atoms with Crippen LogP contribution in [0.15, 0.2) is 53.4 Å². The highest BCUT2D eigenvalue weighted by Crippen LogP contribution is 2.34. The first-order valence-electron chi connectivity index (χ1n) is 10.8. The number of hydrogen-bond donors (Lipinski definition) is 1. The second kappa shape index (κ2) is 9.45. The maximum atomic E-state index is 13.2. The van der Waals surface area contributed by atoms with Gasteiger partial charge in [-0.2, -0.15) is 4.31 Å². The van der Waals surface area contributed by atoms with Crippen LogP contribution < -0.4 is 19.5 Å². The fourth-order valence-corrected chi connectivity index (χ4v) is 5.38. The van der Waals surface area contributed by atoms with Gasteiger partial charge in [0.1, 0.15) is 23.9 Å². The molecule has 1 saturated heterocycles. The molecule has 178 valence electrons. The van der Waals surface area contributed by atoms with Crippen LogP contribution in [0.5, 0.6) is 17.2 Å². The van der Waals surface area contributed by atoms with Gasteiger partial charge in [-0.15, -0.1) is 10.2 Å². The van der Waals surface area contributed by atoms with E-state index in [2.05, 4.69) is 15.5 Å². The molecule has 0 spiro atoms. The molecule has 11 heteroatoms. The van der Waals surface area contributed by atoms with Crippen molar-refractivity contribution < 1.29 is 27.4 Å². The Kier molecular flexibility index (Phi) is 6.22. The molecule has 3 heterocycles. The number of nitrogens with zero attached hydrogens (tertiary/aromatic N) is 3. The third-order valence-corrected chi connectivity index (χ3v) is 7.45. The Balaban J connectivity index is 1.38. The first-order valence-corrected chi connectivity index (χ1v) is 12.3. The van der Waals surface area contributed by atoms with E-state index in [-0.39, 0.29) is 10.6 Å². The average molecular weight is 485 g/mol. The highest BCUT2D eigenvalue weighted by molar-refractivity contribution is 7.89. The van der Waals surface area contributed by atoms with E-state index >= 15 is 0 Å². The zero-order chi connectivity index (χ0) is 23.5. The lowest BCUT2D eigenvalue weighted by Gasteiger charge is -2.26. The van der Waals surface area contributed by atoms with Crippen molar-refractivity contribution in [3.05, 3.63) is 48.5 Å². The fraction of sp³-hybridized carbons (Fsp3) is 0.304. The van der Waals surface area contributed by atoms with Crippen molar-refractivity contribution in [2.45, 2.75) is 4.90 Å². The van der Waals surface area contributed by atoms with E-state index in [9.17, 15) is 8.42 Å². The molecule has 1 aromatic heterocycles. The number of methoxy groups -OCH3 is 1. The van der Waals surface area contributed by atoms with Gasteiger partial charge in [0.05, 0.1) is 26.0 Å². The normalized spacial score (nSPS) is 16.1. The van der Waals surface area contributed by atoms with Gasteiger partial charge in [0.15, 0.2) is 17.3 Å². The Bertz CT molecular complexity index is 1280. The van der Waals surface area contributed by atoms with Gasteiger partial charge in [-0.25, -0.2) is 8.42 Å². The maximum absolute atomic E-state index is 13.2. The van der Waals surface area contributed by atoms with Crippen LogP contribution in [0.2, 0.25) is 0 Å². The number of ether oxygens (including phenoxy) is 4. The fourth-order valence-electron chi connectivity index (χ4n) is 3.79. The zero-order valence-electron chi connectivity index (χ0n) is 18.6. The molecule has 10 nitrogen and oxygen atoms in total. The lowest BCUT2D eigenvalue weighted by atomic mass is 10.1. The maximum Gasteiger partial charge on any atom is 0.246 e. The number of aromatic nitrogens is 2. The predicted molar refractivity (Wildman–Crippen MR) is 124 cm³/mol. The number of anilines is 2. The van der Waals surface area contributed by atoms with Crippen molar-refractivity contribution in [2.24, 2.45) is 0 Å². The van der Waals surface area contributed by atoms with Crippen molar-refractivity contribution in [2.75, 3.05) is 51.9 Å². The molecule has 0 amide bonds. The van der Waals surface area contributed by atoms with Crippen molar-refractivity contribution >= 4 is 21.5 Å². The Morgan fingerprint density at radius 1 is 0.912 bits per heavy atom. The van der Waals surface area contributed by atoms with Gasteiger partial charge in [0.25, 0.3) is 0 Å². The minimum atomic E-state index is -3.75. The highest BCUT2D eigenvalue weighted by Gasteiger charge is 2.29. The third-order valence-electron chi connectivity index (χ3n) is 5.53. The van der Waals surface area contributed by atoms with Crippen molar-refractivity contribution in [1.29, 1.82) is 0 Å². The molecule has 2 aliphatic heterocycles. The van der Waals surface area contributed by atoms with E-state index in [1.807, 2.05) is 18.2 Å². The summed E-state index contributed by atoms with van der Waals surface area (Å²) in [7, 11) is -2.30. The van der Waals surface area contributed by atoms with Gasteiger partial charge in [-0.1, -0.05) is 0 Å². The predicted octanol–water partition coefficient (Wildman–Crippen LogP) is 2.69. The number of sulfonamides is 1. The second-order valence-corrected chi connectivity index (χ2v) is 9.58. The largest absolute Gasteiger partial charge is 0.495 e. The summed E-state index contributed by atoms with van der Waals surface area (Å²) in [5.74, 6) is 2.20. The summed E-state index contributed by atoms with van der Waals surface area (Å²) in [6, 6.07) is 14.1. The monoisotopic (exact) mass is 484 g/mol.